The maximum atomic E-state index is 13.0. The van der Waals surface area contributed by atoms with Crippen molar-refractivity contribution in [3.63, 3.8) is 0 Å². The van der Waals surface area contributed by atoms with Crippen molar-refractivity contribution in [2.45, 2.75) is 38.1 Å². The third kappa shape index (κ3) is 7.52. The Morgan fingerprint density at radius 1 is 1.20 bits per heavy atom. The molecule has 2 aromatic rings. The predicted octanol–water partition coefficient (Wildman–Crippen LogP) is 5.83. The Balaban J connectivity index is 1.74. The molecule has 0 aliphatic carbocycles. The molecular weight excluding hydrogens is 503 g/mol. The van der Waals surface area contributed by atoms with Crippen LogP contribution in [-0.4, -0.2) is 59.8 Å². The Hall–Kier alpha value is -2.43. The maximum absolute atomic E-state index is 13.0. The van der Waals surface area contributed by atoms with Crippen LogP contribution in [0.5, 0.6) is 5.75 Å². The van der Waals surface area contributed by atoms with E-state index in [0.717, 1.165) is 12.8 Å². The lowest BCUT2D eigenvalue weighted by Crippen LogP contribution is -2.50. The highest BCUT2D eigenvalue weighted by Crippen LogP contribution is 2.38. The van der Waals surface area contributed by atoms with Gasteiger partial charge in [0.05, 0.1) is 5.02 Å². The van der Waals surface area contributed by atoms with Crippen LogP contribution in [-0.2, 0) is 9.59 Å². The van der Waals surface area contributed by atoms with Gasteiger partial charge in [-0.1, -0.05) is 47.8 Å². The molecule has 0 radical (unpaired) electrons. The normalized spacial score (nSPS) is 16.3. The monoisotopic (exact) mass is 529 g/mol. The van der Waals surface area contributed by atoms with Crippen LogP contribution in [0.15, 0.2) is 42.5 Å². The van der Waals surface area contributed by atoms with Crippen LogP contribution < -0.4 is 10.1 Å². The van der Waals surface area contributed by atoms with Gasteiger partial charge in [0.25, 0.3) is 0 Å². The number of likely N-dealkylation sites (tertiary alicyclic amines) is 1. The molecule has 1 unspecified atom stereocenters. The van der Waals surface area contributed by atoms with Gasteiger partial charge >= 0.3 is 6.36 Å². The van der Waals surface area contributed by atoms with E-state index in [-0.39, 0.29) is 28.1 Å². The number of rotatable bonds is 8. The van der Waals surface area contributed by atoms with E-state index in [1.807, 2.05) is 17.6 Å². The zero-order chi connectivity index (χ0) is 25.6. The summed E-state index contributed by atoms with van der Waals surface area (Å²) in [6.45, 7) is 1.11. The summed E-state index contributed by atoms with van der Waals surface area (Å²) in [5, 5.41) is 2.95. The van der Waals surface area contributed by atoms with Gasteiger partial charge in [0.2, 0.25) is 11.8 Å². The van der Waals surface area contributed by atoms with Gasteiger partial charge in [-0.2, -0.15) is 0 Å². The molecule has 6 nitrogen and oxygen atoms in total. The molecule has 0 saturated carbocycles. The number of benzene rings is 2. The molecular formula is C24H27ClF3N3O3S. The van der Waals surface area contributed by atoms with E-state index in [2.05, 4.69) is 10.1 Å². The van der Waals surface area contributed by atoms with Crippen molar-refractivity contribution in [1.82, 2.24) is 9.21 Å². The minimum Gasteiger partial charge on any atom is -0.405 e. The first-order valence-corrected chi connectivity index (χ1v) is 12.7. The van der Waals surface area contributed by atoms with Crippen LogP contribution in [0.25, 0.3) is 11.1 Å². The molecule has 1 fully saturated rings. The number of ether oxygens (including phenoxy) is 1. The number of para-hydroxylation sites is 1. The molecule has 190 valence electrons. The van der Waals surface area contributed by atoms with Crippen LogP contribution in [0.2, 0.25) is 5.02 Å². The number of hydrogen-bond donors (Lipinski definition) is 1. The smallest absolute Gasteiger partial charge is 0.405 e. The van der Waals surface area contributed by atoms with Crippen LogP contribution in [0, 0.1) is 0 Å². The van der Waals surface area contributed by atoms with Gasteiger partial charge < -0.3 is 15.0 Å². The molecule has 2 aromatic carbocycles. The quantitative estimate of drug-likeness (QED) is 0.436. The summed E-state index contributed by atoms with van der Waals surface area (Å²) in [5.74, 6) is -0.761. The molecule has 1 saturated heterocycles. The highest BCUT2D eigenvalue weighted by atomic mass is 35.5. The maximum Gasteiger partial charge on any atom is 0.573 e. The Labute approximate surface area is 211 Å². The summed E-state index contributed by atoms with van der Waals surface area (Å²) >= 11 is 7.91. The Kier molecular flexibility index (Phi) is 9.32. The number of halogens is 4. The molecule has 1 N–H and O–H groups in total. The zero-order valence-electron chi connectivity index (χ0n) is 19.4. The summed E-state index contributed by atoms with van der Waals surface area (Å²) < 4.78 is 44.4. The van der Waals surface area contributed by atoms with E-state index in [0.29, 0.717) is 37.2 Å². The van der Waals surface area contributed by atoms with E-state index < -0.39 is 12.4 Å². The average molecular weight is 530 g/mol. The largest absolute Gasteiger partial charge is 0.573 e. The predicted molar refractivity (Wildman–Crippen MR) is 132 cm³/mol. The van der Waals surface area contributed by atoms with Crippen molar-refractivity contribution >= 4 is 41.1 Å². The van der Waals surface area contributed by atoms with Gasteiger partial charge in [0.15, 0.2) is 0 Å². The van der Waals surface area contributed by atoms with E-state index in [9.17, 15) is 22.8 Å². The summed E-state index contributed by atoms with van der Waals surface area (Å²) in [7, 11) is 1.90. The van der Waals surface area contributed by atoms with Crippen molar-refractivity contribution < 1.29 is 27.5 Å². The number of nitrogens with zero attached hydrogens (tertiary/aromatic N) is 2. The molecule has 11 heteroatoms. The number of carbonyl (C=O) groups is 2. The van der Waals surface area contributed by atoms with Crippen molar-refractivity contribution in [2.24, 2.45) is 0 Å². The molecule has 3 rings (SSSR count). The number of carbonyl (C=O) groups excluding carboxylic acids is 2. The lowest BCUT2D eigenvalue weighted by molar-refractivity contribution is -0.274. The Bertz CT molecular complexity index is 1050. The van der Waals surface area contributed by atoms with E-state index in [1.165, 1.54) is 42.3 Å². The van der Waals surface area contributed by atoms with Gasteiger partial charge in [-0.3, -0.25) is 13.9 Å². The lowest BCUT2D eigenvalue weighted by Gasteiger charge is -2.35. The molecule has 1 aliphatic heterocycles. The van der Waals surface area contributed by atoms with Gasteiger partial charge in [-0.25, -0.2) is 0 Å². The number of anilines is 1. The fourth-order valence-electron chi connectivity index (χ4n) is 3.93. The number of piperidine rings is 1. The van der Waals surface area contributed by atoms with E-state index in [4.69, 9.17) is 11.6 Å². The lowest BCUT2D eigenvalue weighted by atomic mass is 10.0. The summed E-state index contributed by atoms with van der Waals surface area (Å²) in [5.41, 5.74) is 0.891. The zero-order valence-corrected chi connectivity index (χ0v) is 21.0. The molecule has 1 atom stereocenters. The summed E-state index contributed by atoms with van der Waals surface area (Å²) in [4.78, 5) is 27.4. The van der Waals surface area contributed by atoms with Gasteiger partial charge in [0.1, 0.15) is 11.8 Å². The summed E-state index contributed by atoms with van der Waals surface area (Å²) in [6.07, 6.45) is -0.356. The van der Waals surface area contributed by atoms with Crippen molar-refractivity contribution in [3.05, 3.63) is 47.5 Å². The third-order valence-corrected chi connectivity index (χ3v) is 6.84. The number of amides is 2. The van der Waals surface area contributed by atoms with Crippen molar-refractivity contribution in [1.29, 1.82) is 0 Å². The minimum absolute atomic E-state index is 0.0691. The molecule has 0 aromatic heterocycles. The second kappa shape index (κ2) is 12.0. The molecule has 0 spiro atoms. The first-order valence-electron chi connectivity index (χ1n) is 11.1. The molecule has 35 heavy (non-hydrogen) atoms. The number of alkyl halides is 3. The second-order valence-electron chi connectivity index (χ2n) is 8.11. The van der Waals surface area contributed by atoms with Gasteiger partial charge in [-0.15, -0.1) is 13.2 Å². The highest BCUT2D eigenvalue weighted by Gasteiger charge is 2.33. The number of nitrogens with one attached hydrogen (secondary N) is 1. The topological polar surface area (TPSA) is 61.9 Å². The highest BCUT2D eigenvalue weighted by molar-refractivity contribution is 7.96. The third-order valence-electron chi connectivity index (χ3n) is 5.72. The Morgan fingerprint density at radius 3 is 2.63 bits per heavy atom. The number of hydrogen-bond acceptors (Lipinski definition) is 5. The molecule has 2 amide bonds. The second-order valence-corrected chi connectivity index (χ2v) is 9.51. The first-order chi connectivity index (χ1) is 16.6. The van der Waals surface area contributed by atoms with Crippen LogP contribution in [0.1, 0.15) is 25.7 Å². The fraction of sp³-hybridized carbons (Fsp3) is 0.417. The SMILES string of the molecule is CSN(C)CCC(=O)N1CCCCC1C(=O)Nc1ccc(-c2ccccc2OC(F)(F)F)c(Cl)c1. The van der Waals surface area contributed by atoms with E-state index >= 15 is 0 Å². The van der Waals surface area contributed by atoms with Crippen molar-refractivity contribution in [2.75, 3.05) is 31.7 Å². The van der Waals surface area contributed by atoms with Crippen LogP contribution in [0.3, 0.4) is 0 Å². The van der Waals surface area contributed by atoms with Crippen LogP contribution >= 0.6 is 23.5 Å². The van der Waals surface area contributed by atoms with Gasteiger partial charge in [0, 0.05) is 36.3 Å². The molecule has 0 bridgehead atoms. The summed E-state index contributed by atoms with van der Waals surface area (Å²) in [6, 6.07) is 9.67. The van der Waals surface area contributed by atoms with Crippen LogP contribution in [0.4, 0.5) is 18.9 Å². The van der Waals surface area contributed by atoms with Crippen molar-refractivity contribution in [3.8, 4) is 16.9 Å². The standard InChI is InChI=1S/C24H27ClF3N3O3S/c1-30(35-2)14-12-22(32)31-13-6-5-8-20(31)23(33)29-16-10-11-17(19(25)15-16)18-7-3-4-9-21(18)34-24(26,27)28/h3-4,7,9-11,15,20H,5-6,8,12-14H2,1-2H3,(H,29,33). The Morgan fingerprint density at radius 2 is 1.94 bits per heavy atom. The first kappa shape index (κ1) is 27.2. The van der Waals surface area contributed by atoms with E-state index in [1.54, 1.807) is 17.0 Å². The fourth-order valence-corrected chi connectivity index (χ4v) is 4.49. The average Bonchev–Trinajstić information content (AvgIpc) is 2.82. The molecule has 1 aliphatic rings. The van der Waals surface area contributed by atoms with Gasteiger partial charge in [-0.05, 0) is 50.8 Å². The molecule has 1 heterocycles. The minimum atomic E-state index is -4.84.